The summed E-state index contributed by atoms with van der Waals surface area (Å²) >= 11 is 0. The van der Waals surface area contributed by atoms with Gasteiger partial charge in [0.2, 0.25) is 10.0 Å². The van der Waals surface area contributed by atoms with Crippen molar-refractivity contribution in [2.45, 2.75) is 13.0 Å². The van der Waals surface area contributed by atoms with Crippen molar-refractivity contribution in [2.75, 3.05) is 37.4 Å². The number of benzene rings is 2. The van der Waals surface area contributed by atoms with Crippen molar-refractivity contribution in [1.29, 1.82) is 0 Å². The highest BCUT2D eigenvalue weighted by molar-refractivity contribution is 7.92. The molecule has 9 heteroatoms. The van der Waals surface area contributed by atoms with Gasteiger partial charge in [0.25, 0.3) is 5.91 Å². The number of amides is 1. The quantitative estimate of drug-likeness (QED) is 0.686. The summed E-state index contributed by atoms with van der Waals surface area (Å²) in [5.74, 6) is 1.26. The minimum Gasteiger partial charge on any atom is -0.497 e. The predicted octanol–water partition coefficient (Wildman–Crippen LogP) is 1.73. The van der Waals surface area contributed by atoms with Gasteiger partial charge in [-0.15, -0.1) is 0 Å². The summed E-state index contributed by atoms with van der Waals surface area (Å²) in [5, 5.41) is 2.72. The molecule has 1 aliphatic heterocycles. The lowest BCUT2D eigenvalue weighted by Crippen LogP contribution is -2.51. The summed E-state index contributed by atoms with van der Waals surface area (Å²) in [6.45, 7) is 2.27. The Morgan fingerprint density at radius 3 is 2.72 bits per heavy atom. The standard InChI is InChI=1S/C20H24N2O6S/c1-14-7-8-18-17(11-14)22(29(3,24)25)13-19(28-18)20(23)21-9-10-27-16-6-4-5-15(12-16)26-2/h4-8,11-12,19H,9-10,13H2,1-3H3,(H,21,23)/t19-/m1/s1. The Bertz CT molecular complexity index is 992. The Labute approximate surface area is 170 Å². The molecule has 0 bridgehead atoms. The highest BCUT2D eigenvalue weighted by atomic mass is 32.2. The first-order chi connectivity index (χ1) is 13.8. The number of anilines is 1. The zero-order chi connectivity index (χ0) is 21.0. The van der Waals surface area contributed by atoms with Crippen LogP contribution >= 0.6 is 0 Å². The highest BCUT2D eigenvalue weighted by Gasteiger charge is 2.34. The molecule has 0 saturated carbocycles. The van der Waals surface area contributed by atoms with Gasteiger partial charge in [-0.3, -0.25) is 9.10 Å². The van der Waals surface area contributed by atoms with Crippen LogP contribution in [0.1, 0.15) is 5.56 Å². The minimum atomic E-state index is -3.55. The largest absolute Gasteiger partial charge is 0.497 e. The van der Waals surface area contributed by atoms with Crippen LogP contribution in [0.5, 0.6) is 17.2 Å². The molecule has 1 atom stereocenters. The third kappa shape index (κ3) is 5.11. The molecule has 0 spiro atoms. The summed E-state index contributed by atoms with van der Waals surface area (Å²) in [5.41, 5.74) is 1.34. The lowest BCUT2D eigenvalue weighted by molar-refractivity contribution is -0.127. The third-order valence-electron chi connectivity index (χ3n) is 4.39. The molecule has 0 saturated heterocycles. The highest BCUT2D eigenvalue weighted by Crippen LogP contribution is 2.35. The Kier molecular flexibility index (Phi) is 6.17. The van der Waals surface area contributed by atoms with E-state index in [1.807, 2.05) is 25.1 Å². The number of aryl methyl sites for hydroxylation is 1. The van der Waals surface area contributed by atoms with E-state index in [9.17, 15) is 13.2 Å². The number of hydrogen-bond acceptors (Lipinski definition) is 6. The van der Waals surface area contributed by atoms with Gasteiger partial charge in [-0.25, -0.2) is 8.42 Å². The first-order valence-electron chi connectivity index (χ1n) is 9.07. The van der Waals surface area contributed by atoms with Gasteiger partial charge in [0.05, 0.1) is 32.1 Å². The Hall–Kier alpha value is -2.94. The lowest BCUT2D eigenvalue weighted by Gasteiger charge is -2.34. The number of methoxy groups -OCH3 is 1. The molecule has 1 heterocycles. The summed E-state index contributed by atoms with van der Waals surface area (Å²) in [6, 6.07) is 12.4. The molecule has 1 N–H and O–H groups in total. The van der Waals surface area contributed by atoms with Gasteiger partial charge < -0.3 is 19.5 Å². The first kappa shape index (κ1) is 20.8. The van der Waals surface area contributed by atoms with Crippen LogP contribution in [0, 0.1) is 6.92 Å². The van der Waals surface area contributed by atoms with Gasteiger partial charge in [-0.1, -0.05) is 12.1 Å². The number of carbonyl (C=O) groups is 1. The normalized spacial score (nSPS) is 15.8. The van der Waals surface area contributed by atoms with Crippen LogP contribution in [0.15, 0.2) is 42.5 Å². The molecular weight excluding hydrogens is 396 g/mol. The van der Waals surface area contributed by atoms with Crippen LogP contribution in [0.2, 0.25) is 0 Å². The van der Waals surface area contributed by atoms with E-state index >= 15 is 0 Å². The molecule has 29 heavy (non-hydrogen) atoms. The van der Waals surface area contributed by atoms with E-state index in [-0.39, 0.29) is 19.7 Å². The maximum absolute atomic E-state index is 12.5. The molecule has 2 aromatic rings. The summed E-state index contributed by atoms with van der Waals surface area (Å²) in [7, 11) is -1.98. The molecule has 3 rings (SSSR count). The molecule has 0 aromatic heterocycles. The van der Waals surface area contributed by atoms with Gasteiger partial charge >= 0.3 is 0 Å². The molecule has 0 unspecified atom stereocenters. The lowest BCUT2D eigenvalue weighted by atomic mass is 10.1. The van der Waals surface area contributed by atoms with Gasteiger partial charge in [-0.2, -0.15) is 0 Å². The second kappa shape index (κ2) is 8.60. The molecule has 0 fully saturated rings. The average molecular weight is 420 g/mol. The first-order valence-corrected chi connectivity index (χ1v) is 10.9. The zero-order valence-corrected chi connectivity index (χ0v) is 17.4. The van der Waals surface area contributed by atoms with Crippen LogP contribution in [0.25, 0.3) is 0 Å². The van der Waals surface area contributed by atoms with Gasteiger partial charge in [0, 0.05) is 6.07 Å². The Balaban J connectivity index is 1.60. The molecule has 1 aliphatic rings. The number of nitrogens with one attached hydrogen (secondary N) is 1. The molecule has 2 aromatic carbocycles. The fraction of sp³-hybridized carbons (Fsp3) is 0.350. The van der Waals surface area contributed by atoms with E-state index in [2.05, 4.69) is 5.32 Å². The van der Waals surface area contributed by atoms with Crippen molar-refractivity contribution in [3.8, 4) is 17.2 Å². The third-order valence-corrected chi connectivity index (χ3v) is 5.53. The Morgan fingerprint density at radius 1 is 1.24 bits per heavy atom. The molecular formula is C20H24N2O6S. The van der Waals surface area contributed by atoms with Crippen molar-refractivity contribution in [1.82, 2.24) is 5.32 Å². The molecule has 0 aliphatic carbocycles. The number of nitrogens with zero attached hydrogens (tertiary/aromatic N) is 1. The second-order valence-corrected chi connectivity index (χ2v) is 8.60. The Morgan fingerprint density at radius 2 is 2.00 bits per heavy atom. The van der Waals surface area contributed by atoms with E-state index in [0.29, 0.717) is 22.9 Å². The fourth-order valence-corrected chi connectivity index (χ4v) is 3.87. The van der Waals surface area contributed by atoms with Gasteiger partial charge in [-0.05, 0) is 36.8 Å². The maximum Gasteiger partial charge on any atom is 0.263 e. The van der Waals surface area contributed by atoms with Gasteiger partial charge in [0.1, 0.15) is 23.9 Å². The number of rotatable bonds is 7. The average Bonchev–Trinajstić information content (AvgIpc) is 2.69. The van der Waals surface area contributed by atoms with Crippen LogP contribution in [-0.2, 0) is 14.8 Å². The summed E-state index contributed by atoms with van der Waals surface area (Å²) in [6.07, 6.45) is 0.165. The fourth-order valence-electron chi connectivity index (χ4n) is 2.96. The van der Waals surface area contributed by atoms with E-state index in [1.54, 1.807) is 31.4 Å². The molecule has 156 valence electrons. The number of sulfonamides is 1. The van der Waals surface area contributed by atoms with E-state index < -0.39 is 22.0 Å². The SMILES string of the molecule is COc1cccc(OCCNC(=O)[C@H]2CN(S(C)(=O)=O)c3cc(C)ccc3O2)c1. The number of carbonyl (C=O) groups excluding carboxylic acids is 1. The monoisotopic (exact) mass is 420 g/mol. The summed E-state index contributed by atoms with van der Waals surface area (Å²) < 4.78 is 42.1. The van der Waals surface area contributed by atoms with Crippen molar-refractivity contribution in [3.63, 3.8) is 0 Å². The maximum atomic E-state index is 12.5. The van der Waals surface area contributed by atoms with E-state index in [4.69, 9.17) is 14.2 Å². The van der Waals surface area contributed by atoms with Crippen LogP contribution in [0.4, 0.5) is 5.69 Å². The molecule has 8 nitrogen and oxygen atoms in total. The van der Waals surface area contributed by atoms with Crippen molar-refractivity contribution < 1.29 is 27.4 Å². The van der Waals surface area contributed by atoms with Crippen molar-refractivity contribution >= 4 is 21.6 Å². The number of ether oxygens (including phenoxy) is 3. The van der Waals surface area contributed by atoms with Crippen LogP contribution < -0.4 is 23.8 Å². The predicted molar refractivity (Wildman–Crippen MR) is 109 cm³/mol. The van der Waals surface area contributed by atoms with Crippen LogP contribution in [0.3, 0.4) is 0 Å². The van der Waals surface area contributed by atoms with Crippen molar-refractivity contribution in [2.24, 2.45) is 0 Å². The minimum absolute atomic E-state index is 0.0855. The van der Waals surface area contributed by atoms with E-state index in [1.165, 1.54) is 4.31 Å². The van der Waals surface area contributed by atoms with E-state index in [0.717, 1.165) is 11.8 Å². The molecule has 0 radical (unpaired) electrons. The second-order valence-electron chi connectivity index (χ2n) is 6.69. The van der Waals surface area contributed by atoms with Crippen LogP contribution in [-0.4, -0.2) is 53.5 Å². The topological polar surface area (TPSA) is 94.2 Å². The zero-order valence-electron chi connectivity index (χ0n) is 16.5. The number of fused-ring (bicyclic) bond motifs is 1. The van der Waals surface area contributed by atoms with Gasteiger partial charge in [0.15, 0.2) is 6.10 Å². The van der Waals surface area contributed by atoms with Crippen molar-refractivity contribution in [3.05, 3.63) is 48.0 Å². The molecule has 1 amide bonds. The number of hydrogen-bond donors (Lipinski definition) is 1. The summed E-state index contributed by atoms with van der Waals surface area (Å²) in [4.78, 5) is 12.5. The smallest absolute Gasteiger partial charge is 0.263 e.